The smallest absolute Gasteiger partial charge is 0.350 e. The zero-order chi connectivity index (χ0) is 21.9. The van der Waals surface area contributed by atoms with Crippen LogP contribution in [0.1, 0.15) is 50.3 Å². The van der Waals surface area contributed by atoms with Crippen LogP contribution in [-0.2, 0) is 20.8 Å². The van der Waals surface area contributed by atoms with Crippen molar-refractivity contribution in [3.8, 4) is 5.75 Å². The maximum atomic E-state index is 6.35. The maximum absolute atomic E-state index is 6.35. The van der Waals surface area contributed by atoms with Gasteiger partial charge in [0.2, 0.25) is 0 Å². The molecule has 4 rings (SSSR count). The van der Waals surface area contributed by atoms with Crippen molar-refractivity contribution in [1.29, 1.82) is 0 Å². The second kappa shape index (κ2) is 8.99. The summed E-state index contributed by atoms with van der Waals surface area (Å²) in [4.78, 5) is 0. The second-order valence-corrected chi connectivity index (χ2v) is 8.98. The van der Waals surface area contributed by atoms with Crippen LogP contribution in [0.25, 0.3) is 6.08 Å². The van der Waals surface area contributed by atoms with E-state index in [9.17, 15) is 0 Å². The van der Waals surface area contributed by atoms with E-state index in [2.05, 4.69) is 58.0 Å². The molecule has 164 valence electrons. The van der Waals surface area contributed by atoms with E-state index in [-0.39, 0.29) is 6.10 Å². The van der Waals surface area contributed by atoms with Gasteiger partial charge in [-0.15, -0.1) is 0 Å². The van der Waals surface area contributed by atoms with Crippen molar-refractivity contribution in [2.45, 2.75) is 64.8 Å². The van der Waals surface area contributed by atoms with Crippen molar-refractivity contribution in [3.05, 3.63) is 82.9 Å². The number of hydrogen-bond acceptors (Lipinski definition) is 4. The third-order valence-electron chi connectivity index (χ3n) is 5.84. The lowest BCUT2D eigenvalue weighted by molar-refractivity contribution is -0.270. The largest absolute Gasteiger partial charge is 0.435 e. The molecule has 2 atom stereocenters. The number of fused-ring (bicyclic) bond motifs is 1. The monoisotopic (exact) mass is 420 g/mol. The summed E-state index contributed by atoms with van der Waals surface area (Å²) in [5.41, 5.74) is 4.21. The zero-order valence-electron chi connectivity index (χ0n) is 18.9. The summed E-state index contributed by atoms with van der Waals surface area (Å²) < 4.78 is 24.6. The highest BCUT2D eigenvalue weighted by Crippen LogP contribution is 2.44. The van der Waals surface area contributed by atoms with Crippen molar-refractivity contribution < 1.29 is 18.9 Å². The van der Waals surface area contributed by atoms with Crippen LogP contribution in [0.4, 0.5) is 0 Å². The molecule has 0 saturated carbocycles. The van der Waals surface area contributed by atoms with E-state index in [0.29, 0.717) is 13.2 Å². The van der Waals surface area contributed by atoms with E-state index in [4.69, 9.17) is 18.9 Å². The van der Waals surface area contributed by atoms with Crippen LogP contribution in [0.2, 0.25) is 0 Å². The zero-order valence-corrected chi connectivity index (χ0v) is 18.9. The molecule has 0 aromatic heterocycles. The number of allylic oxidation sites excluding steroid dienone is 1. The van der Waals surface area contributed by atoms with Crippen LogP contribution in [0.5, 0.6) is 5.75 Å². The summed E-state index contributed by atoms with van der Waals surface area (Å²) >= 11 is 0. The van der Waals surface area contributed by atoms with Gasteiger partial charge >= 0.3 is 5.97 Å². The van der Waals surface area contributed by atoms with E-state index in [1.807, 2.05) is 36.4 Å². The van der Waals surface area contributed by atoms with Crippen LogP contribution in [-0.4, -0.2) is 24.3 Å². The summed E-state index contributed by atoms with van der Waals surface area (Å²) in [6.45, 7) is 9.56. The van der Waals surface area contributed by atoms with Gasteiger partial charge in [0.25, 0.3) is 0 Å². The first-order chi connectivity index (χ1) is 14.9. The van der Waals surface area contributed by atoms with E-state index in [1.54, 1.807) is 0 Å². The molecule has 2 heterocycles. The number of ether oxygens (including phenoxy) is 4. The molecule has 2 aliphatic heterocycles. The van der Waals surface area contributed by atoms with Gasteiger partial charge in [0, 0.05) is 11.6 Å². The molecule has 0 amide bonds. The minimum absolute atomic E-state index is 0.0721. The predicted octanol–water partition coefficient (Wildman–Crippen LogP) is 6.19. The van der Waals surface area contributed by atoms with Gasteiger partial charge in [-0.05, 0) is 63.8 Å². The van der Waals surface area contributed by atoms with Crippen molar-refractivity contribution in [2.24, 2.45) is 0 Å². The van der Waals surface area contributed by atoms with Gasteiger partial charge in [0.15, 0.2) is 0 Å². The van der Waals surface area contributed by atoms with E-state index >= 15 is 0 Å². The van der Waals surface area contributed by atoms with Crippen LogP contribution >= 0.6 is 0 Å². The van der Waals surface area contributed by atoms with Gasteiger partial charge < -0.3 is 18.9 Å². The Hall–Kier alpha value is -2.40. The van der Waals surface area contributed by atoms with Gasteiger partial charge in [-0.1, -0.05) is 54.1 Å². The Bertz CT molecular complexity index is 960. The number of rotatable bonds is 7. The molecule has 2 unspecified atom stereocenters. The maximum Gasteiger partial charge on any atom is 0.350 e. The Morgan fingerprint density at radius 3 is 2.74 bits per heavy atom. The highest BCUT2D eigenvalue weighted by Gasteiger charge is 2.53. The molecule has 4 heteroatoms. The third kappa shape index (κ3) is 5.27. The summed E-state index contributed by atoms with van der Waals surface area (Å²) in [6, 6.07) is 16.4. The molecule has 0 bridgehead atoms. The fourth-order valence-corrected chi connectivity index (χ4v) is 3.98. The van der Waals surface area contributed by atoms with Crippen molar-refractivity contribution in [3.63, 3.8) is 0 Å². The predicted molar refractivity (Wildman–Crippen MR) is 123 cm³/mol. The van der Waals surface area contributed by atoms with E-state index in [1.165, 1.54) is 11.1 Å². The standard InChI is InChI=1S/C27H32O4/c1-20(15-17-28-19-22-8-6-5-7-9-22)11-13-25-26(3,4)31-27(30-25)16-14-23-12-10-21(2)18-24(23)29-27/h5-10,12,14-16,18,25H,11,13,17,19H2,1-4H3/b20-15+. The average Bonchev–Trinajstić information content (AvgIpc) is 2.99. The van der Waals surface area contributed by atoms with E-state index < -0.39 is 11.6 Å². The fourth-order valence-electron chi connectivity index (χ4n) is 3.98. The molecule has 1 spiro atoms. The van der Waals surface area contributed by atoms with Gasteiger partial charge in [-0.2, -0.15) is 0 Å². The molecular weight excluding hydrogens is 388 g/mol. The average molecular weight is 421 g/mol. The minimum atomic E-state index is -1.15. The summed E-state index contributed by atoms with van der Waals surface area (Å²) in [5, 5.41) is 0. The Morgan fingerprint density at radius 2 is 1.94 bits per heavy atom. The molecule has 0 radical (unpaired) electrons. The normalized spacial score (nSPS) is 24.3. The fraction of sp³-hybridized carbons (Fsp3) is 0.407. The highest BCUT2D eigenvalue weighted by atomic mass is 16.9. The first-order valence-electron chi connectivity index (χ1n) is 11.0. The second-order valence-electron chi connectivity index (χ2n) is 8.98. The third-order valence-corrected chi connectivity index (χ3v) is 5.84. The SMILES string of the molecule is C/C(=C\COCc1ccccc1)CCC1OC2(C=Cc3ccc(C)cc3O2)OC1(C)C. The summed E-state index contributed by atoms with van der Waals surface area (Å²) in [6.07, 6.45) is 7.75. The van der Waals surface area contributed by atoms with Gasteiger partial charge in [-0.25, -0.2) is 0 Å². The molecule has 0 N–H and O–H groups in total. The molecule has 4 nitrogen and oxygen atoms in total. The van der Waals surface area contributed by atoms with Gasteiger partial charge in [0.05, 0.1) is 24.9 Å². The molecule has 2 aliphatic rings. The molecule has 31 heavy (non-hydrogen) atoms. The summed E-state index contributed by atoms with van der Waals surface area (Å²) in [5.74, 6) is -0.351. The Labute approximate surface area is 185 Å². The summed E-state index contributed by atoms with van der Waals surface area (Å²) in [7, 11) is 0. The molecule has 2 aromatic rings. The van der Waals surface area contributed by atoms with Crippen LogP contribution < -0.4 is 4.74 Å². The van der Waals surface area contributed by atoms with Crippen molar-refractivity contribution >= 4 is 6.08 Å². The minimum Gasteiger partial charge on any atom is -0.435 e. The topological polar surface area (TPSA) is 36.9 Å². The number of benzene rings is 2. The first-order valence-corrected chi connectivity index (χ1v) is 11.0. The van der Waals surface area contributed by atoms with Crippen LogP contribution in [0.15, 0.2) is 66.3 Å². The lowest BCUT2D eigenvalue weighted by Crippen LogP contribution is -2.38. The van der Waals surface area contributed by atoms with Crippen LogP contribution in [0.3, 0.4) is 0 Å². The quantitative estimate of drug-likeness (QED) is 0.395. The molecule has 2 aromatic carbocycles. The van der Waals surface area contributed by atoms with Gasteiger partial charge in [-0.3, -0.25) is 0 Å². The van der Waals surface area contributed by atoms with Crippen molar-refractivity contribution in [1.82, 2.24) is 0 Å². The Balaban J connectivity index is 1.31. The molecule has 0 aliphatic carbocycles. The molecule has 1 fully saturated rings. The molecular formula is C27H32O4. The first kappa shape index (κ1) is 21.8. The number of hydrogen-bond donors (Lipinski definition) is 0. The lowest BCUT2D eigenvalue weighted by atomic mass is 9.96. The number of aryl methyl sites for hydroxylation is 1. The van der Waals surface area contributed by atoms with Crippen LogP contribution in [0, 0.1) is 6.92 Å². The highest BCUT2D eigenvalue weighted by molar-refractivity contribution is 5.61. The Kier molecular flexibility index (Phi) is 6.33. The van der Waals surface area contributed by atoms with Gasteiger partial charge in [0.1, 0.15) is 5.75 Å². The van der Waals surface area contributed by atoms with E-state index in [0.717, 1.165) is 29.7 Å². The molecule has 1 saturated heterocycles. The Morgan fingerprint density at radius 1 is 1.13 bits per heavy atom. The lowest BCUT2D eigenvalue weighted by Gasteiger charge is -2.30. The van der Waals surface area contributed by atoms with Crippen molar-refractivity contribution in [2.75, 3.05) is 6.61 Å².